The van der Waals surface area contributed by atoms with Crippen molar-refractivity contribution < 1.29 is 5.11 Å². The molecule has 3 heteroatoms. The summed E-state index contributed by atoms with van der Waals surface area (Å²) in [6.07, 6.45) is 2.09. The third-order valence-electron chi connectivity index (χ3n) is 3.08. The molecule has 1 aliphatic rings. The fraction of sp³-hybridized carbons (Fsp3) is 0.500. The molecule has 82 valence electrons. The summed E-state index contributed by atoms with van der Waals surface area (Å²) in [6, 6.07) is 7.77. The molecule has 0 bridgehead atoms. The van der Waals surface area contributed by atoms with E-state index in [1.54, 1.807) is 11.8 Å². The van der Waals surface area contributed by atoms with Gasteiger partial charge in [0.2, 0.25) is 0 Å². The van der Waals surface area contributed by atoms with Crippen molar-refractivity contribution in [2.24, 2.45) is 5.41 Å². The summed E-state index contributed by atoms with van der Waals surface area (Å²) in [5.74, 6) is 0.736. The number of rotatable bonds is 4. The van der Waals surface area contributed by atoms with Crippen LogP contribution in [0.5, 0.6) is 0 Å². The van der Waals surface area contributed by atoms with E-state index in [2.05, 4.69) is 6.92 Å². The van der Waals surface area contributed by atoms with Crippen molar-refractivity contribution in [3.8, 4) is 0 Å². The first-order chi connectivity index (χ1) is 7.12. The lowest BCUT2D eigenvalue weighted by atomic mass is 10.0. The first kappa shape index (κ1) is 11.3. The molecule has 1 aliphatic carbocycles. The fourth-order valence-corrected chi connectivity index (χ4v) is 2.88. The van der Waals surface area contributed by atoms with Crippen LogP contribution < -0.4 is 0 Å². The number of aliphatic hydroxyl groups is 1. The molecule has 15 heavy (non-hydrogen) atoms. The molecule has 1 N–H and O–H groups in total. The highest BCUT2D eigenvalue weighted by molar-refractivity contribution is 7.99. The standard InChI is InChI=1S/C12H15ClOS/c1-12(6-7-12)11(14)8-15-10-5-3-2-4-9(10)13/h2-5,11,14H,6-8H2,1H3. The first-order valence-corrected chi connectivity index (χ1v) is 6.53. The SMILES string of the molecule is CC1(C(O)CSc2ccccc2Cl)CC1. The van der Waals surface area contributed by atoms with Crippen LogP contribution in [0.25, 0.3) is 0 Å². The van der Waals surface area contributed by atoms with Gasteiger partial charge in [-0.05, 0) is 30.4 Å². The highest BCUT2D eigenvalue weighted by atomic mass is 35.5. The Balaban J connectivity index is 1.90. The van der Waals surface area contributed by atoms with Gasteiger partial charge in [0.1, 0.15) is 0 Å². The lowest BCUT2D eigenvalue weighted by Gasteiger charge is -2.17. The number of aliphatic hydroxyl groups excluding tert-OH is 1. The van der Waals surface area contributed by atoms with Gasteiger partial charge >= 0.3 is 0 Å². The quantitative estimate of drug-likeness (QED) is 0.815. The first-order valence-electron chi connectivity index (χ1n) is 5.17. The Hall–Kier alpha value is -0.180. The van der Waals surface area contributed by atoms with Crippen LogP contribution >= 0.6 is 23.4 Å². The second-order valence-electron chi connectivity index (χ2n) is 4.41. The summed E-state index contributed by atoms with van der Waals surface area (Å²) in [4.78, 5) is 1.06. The molecule has 0 aromatic heterocycles. The largest absolute Gasteiger partial charge is 0.392 e. The molecule has 1 saturated carbocycles. The van der Waals surface area contributed by atoms with Crippen LogP contribution in [0.4, 0.5) is 0 Å². The van der Waals surface area contributed by atoms with Crippen LogP contribution in [0.3, 0.4) is 0 Å². The van der Waals surface area contributed by atoms with E-state index in [0.29, 0.717) is 0 Å². The molecule has 0 amide bonds. The number of hydrogen-bond donors (Lipinski definition) is 1. The Bertz CT molecular complexity index is 349. The molecule has 1 aromatic carbocycles. The second-order valence-corrected chi connectivity index (χ2v) is 5.88. The molecule has 1 aromatic rings. The fourth-order valence-electron chi connectivity index (χ4n) is 1.46. The van der Waals surface area contributed by atoms with Gasteiger partial charge in [-0.15, -0.1) is 11.8 Å². The lowest BCUT2D eigenvalue weighted by Crippen LogP contribution is -2.21. The van der Waals surface area contributed by atoms with E-state index >= 15 is 0 Å². The minimum absolute atomic E-state index is 0.175. The monoisotopic (exact) mass is 242 g/mol. The van der Waals surface area contributed by atoms with E-state index in [-0.39, 0.29) is 11.5 Å². The van der Waals surface area contributed by atoms with Crippen molar-refractivity contribution in [3.05, 3.63) is 29.3 Å². The maximum Gasteiger partial charge on any atom is 0.0687 e. The zero-order chi connectivity index (χ0) is 10.9. The van der Waals surface area contributed by atoms with Gasteiger partial charge in [0.25, 0.3) is 0 Å². The van der Waals surface area contributed by atoms with Gasteiger partial charge in [0.15, 0.2) is 0 Å². The third-order valence-corrected chi connectivity index (χ3v) is 4.67. The molecule has 2 rings (SSSR count). The Morgan fingerprint density at radius 2 is 2.13 bits per heavy atom. The summed E-state index contributed by atoms with van der Waals surface area (Å²) in [5, 5.41) is 10.7. The summed E-state index contributed by atoms with van der Waals surface area (Å²) in [7, 11) is 0. The van der Waals surface area contributed by atoms with E-state index in [0.717, 1.165) is 28.5 Å². The summed E-state index contributed by atoms with van der Waals surface area (Å²) in [6.45, 7) is 2.14. The van der Waals surface area contributed by atoms with E-state index in [1.165, 1.54) is 0 Å². The maximum atomic E-state index is 9.94. The van der Waals surface area contributed by atoms with Gasteiger partial charge in [-0.25, -0.2) is 0 Å². The predicted molar refractivity (Wildman–Crippen MR) is 65.5 cm³/mol. The Morgan fingerprint density at radius 3 is 2.73 bits per heavy atom. The van der Waals surface area contributed by atoms with Crippen molar-refractivity contribution in [1.82, 2.24) is 0 Å². The normalized spacial score (nSPS) is 19.9. The molecule has 1 nitrogen and oxygen atoms in total. The number of hydrogen-bond acceptors (Lipinski definition) is 2. The van der Waals surface area contributed by atoms with E-state index in [4.69, 9.17) is 11.6 Å². The zero-order valence-electron chi connectivity index (χ0n) is 8.74. The molecular formula is C12H15ClOS. The smallest absolute Gasteiger partial charge is 0.0687 e. The summed E-state index contributed by atoms with van der Waals surface area (Å²) >= 11 is 7.68. The van der Waals surface area contributed by atoms with Crippen molar-refractivity contribution in [2.45, 2.75) is 30.8 Å². The molecular weight excluding hydrogens is 228 g/mol. The van der Waals surface area contributed by atoms with E-state index in [9.17, 15) is 5.11 Å². The molecule has 0 spiro atoms. The van der Waals surface area contributed by atoms with Crippen LogP contribution in [0.1, 0.15) is 19.8 Å². The minimum Gasteiger partial charge on any atom is -0.392 e. The topological polar surface area (TPSA) is 20.2 Å². The molecule has 1 unspecified atom stereocenters. The summed E-state index contributed by atoms with van der Waals surface area (Å²) in [5.41, 5.74) is 0.175. The van der Waals surface area contributed by atoms with Crippen LogP contribution in [0, 0.1) is 5.41 Å². The van der Waals surface area contributed by atoms with Gasteiger partial charge < -0.3 is 5.11 Å². The number of halogens is 1. The molecule has 0 saturated heterocycles. The Kier molecular flexibility index (Phi) is 3.29. The van der Waals surface area contributed by atoms with Gasteiger partial charge in [-0.2, -0.15) is 0 Å². The van der Waals surface area contributed by atoms with Crippen LogP contribution in [-0.2, 0) is 0 Å². The van der Waals surface area contributed by atoms with Crippen molar-refractivity contribution in [1.29, 1.82) is 0 Å². The average Bonchev–Trinajstić information content (AvgIpc) is 2.96. The predicted octanol–water partition coefficient (Wildman–Crippen LogP) is 3.59. The second kappa shape index (κ2) is 4.36. The average molecular weight is 243 g/mol. The number of thioether (sulfide) groups is 1. The summed E-state index contributed by atoms with van der Waals surface area (Å²) < 4.78 is 0. The van der Waals surface area contributed by atoms with E-state index < -0.39 is 0 Å². The zero-order valence-corrected chi connectivity index (χ0v) is 10.3. The van der Waals surface area contributed by atoms with Crippen LogP contribution in [0.2, 0.25) is 5.02 Å². The van der Waals surface area contributed by atoms with E-state index in [1.807, 2.05) is 24.3 Å². The van der Waals surface area contributed by atoms with Crippen molar-refractivity contribution in [2.75, 3.05) is 5.75 Å². The molecule has 0 heterocycles. The molecule has 1 fully saturated rings. The van der Waals surface area contributed by atoms with Crippen molar-refractivity contribution in [3.63, 3.8) is 0 Å². The Labute approximate surface area is 99.8 Å². The Morgan fingerprint density at radius 1 is 1.47 bits per heavy atom. The minimum atomic E-state index is -0.209. The van der Waals surface area contributed by atoms with Gasteiger partial charge in [0.05, 0.1) is 11.1 Å². The highest BCUT2D eigenvalue weighted by Gasteiger charge is 2.43. The van der Waals surface area contributed by atoms with Gasteiger partial charge in [-0.3, -0.25) is 0 Å². The van der Waals surface area contributed by atoms with Crippen LogP contribution in [-0.4, -0.2) is 17.0 Å². The molecule has 0 aliphatic heterocycles. The number of benzene rings is 1. The van der Waals surface area contributed by atoms with Gasteiger partial charge in [0, 0.05) is 10.6 Å². The maximum absolute atomic E-state index is 9.94. The molecule has 1 atom stereocenters. The third kappa shape index (κ3) is 2.68. The lowest BCUT2D eigenvalue weighted by molar-refractivity contribution is 0.126. The van der Waals surface area contributed by atoms with Gasteiger partial charge in [-0.1, -0.05) is 30.7 Å². The highest BCUT2D eigenvalue weighted by Crippen LogP contribution is 2.49. The molecule has 0 radical (unpaired) electrons. The van der Waals surface area contributed by atoms with Crippen molar-refractivity contribution >= 4 is 23.4 Å². The van der Waals surface area contributed by atoms with Crippen LogP contribution in [0.15, 0.2) is 29.2 Å².